The van der Waals surface area contributed by atoms with Crippen LogP contribution in [0, 0.1) is 11.8 Å². The van der Waals surface area contributed by atoms with Gasteiger partial charge in [-0.3, -0.25) is 9.59 Å². The van der Waals surface area contributed by atoms with Crippen LogP contribution >= 0.6 is 11.3 Å². The first-order valence-electron chi connectivity index (χ1n) is 8.23. The molecule has 0 radical (unpaired) electrons. The van der Waals surface area contributed by atoms with E-state index in [-0.39, 0.29) is 23.8 Å². The number of thiophene rings is 1. The van der Waals surface area contributed by atoms with Gasteiger partial charge in [-0.25, -0.2) is 0 Å². The van der Waals surface area contributed by atoms with E-state index in [2.05, 4.69) is 5.32 Å². The van der Waals surface area contributed by atoms with E-state index in [1.54, 1.807) is 16.2 Å². The molecule has 22 heavy (non-hydrogen) atoms. The van der Waals surface area contributed by atoms with Gasteiger partial charge in [0, 0.05) is 24.9 Å². The van der Waals surface area contributed by atoms with Crippen molar-refractivity contribution in [1.82, 2.24) is 10.2 Å². The van der Waals surface area contributed by atoms with Crippen LogP contribution in [-0.4, -0.2) is 30.3 Å². The summed E-state index contributed by atoms with van der Waals surface area (Å²) in [6, 6.07) is 3.91. The Labute approximate surface area is 135 Å². The van der Waals surface area contributed by atoms with Gasteiger partial charge in [0.15, 0.2) is 0 Å². The van der Waals surface area contributed by atoms with Crippen molar-refractivity contribution in [3.8, 4) is 0 Å². The van der Waals surface area contributed by atoms with Gasteiger partial charge < -0.3 is 10.2 Å². The molecule has 1 aromatic heterocycles. The molecule has 3 rings (SSSR count). The Bertz CT molecular complexity index is 523. The van der Waals surface area contributed by atoms with Gasteiger partial charge in [0.2, 0.25) is 11.8 Å². The van der Waals surface area contributed by atoms with Crippen LogP contribution in [0.5, 0.6) is 0 Å². The topological polar surface area (TPSA) is 49.4 Å². The fourth-order valence-corrected chi connectivity index (χ4v) is 4.69. The van der Waals surface area contributed by atoms with Gasteiger partial charge in [-0.1, -0.05) is 18.9 Å². The number of carbonyl (C=O) groups excluding carboxylic acids is 2. The molecule has 5 heteroatoms. The summed E-state index contributed by atoms with van der Waals surface area (Å²) in [4.78, 5) is 27.6. The van der Waals surface area contributed by atoms with Crippen LogP contribution < -0.4 is 5.32 Å². The molecule has 0 bridgehead atoms. The van der Waals surface area contributed by atoms with E-state index in [1.807, 2.05) is 24.6 Å². The molecular formula is C17H24N2O2S. The van der Waals surface area contributed by atoms with Gasteiger partial charge in [-0.05, 0) is 36.6 Å². The zero-order valence-electron chi connectivity index (χ0n) is 13.1. The van der Waals surface area contributed by atoms with E-state index in [1.165, 1.54) is 25.7 Å². The van der Waals surface area contributed by atoms with Gasteiger partial charge in [0.1, 0.15) is 0 Å². The van der Waals surface area contributed by atoms with E-state index < -0.39 is 0 Å². The second kappa shape index (κ2) is 6.82. The Morgan fingerprint density at radius 2 is 2.14 bits per heavy atom. The van der Waals surface area contributed by atoms with E-state index in [0.29, 0.717) is 18.8 Å². The molecule has 2 atom stereocenters. The molecule has 2 amide bonds. The summed E-state index contributed by atoms with van der Waals surface area (Å²) < 4.78 is 0. The second-order valence-corrected chi connectivity index (χ2v) is 7.48. The molecule has 0 spiro atoms. The SMILES string of the molecule is CN1C(=O)CC[C@H](C(=O)NCC2CCCC2)[C@H]1c1cccs1. The van der Waals surface area contributed by atoms with E-state index in [9.17, 15) is 9.59 Å². The summed E-state index contributed by atoms with van der Waals surface area (Å²) in [5, 5.41) is 5.16. The highest BCUT2D eigenvalue weighted by Gasteiger charge is 2.39. The van der Waals surface area contributed by atoms with Crippen LogP contribution in [0.3, 0.4) is 0 Å². The first-order valence-corrected chi connectivity index (χ1v) is 9.11. The molecule has 120 valence electrons. The number of hydrogen-bond acceptors (Lipinski definition) is 3. The average Bonchev–Trinajstić information content (AvgIpc) is 3.20. The van der Waals surface area contributed by atoms with Gasteiger partial charge in [-0.2, -0.15) is 0 Å². The van der Waals surface area contributed by atoms with Crippen molar-refractivity contribution >= 4 is 23.2 Å². The highest BCUT2D eigenvalue weighted by molar-refractivity contribution is 7.10. The van der Waals surface area contributed by atoms with Crippen LogP contribution in [0.4, 0.5) is 0 Å². The summed E-state index contributed by atoms with van der Waals surface area (Å²) in [5.41, 5.74) is 0. The Kier molecular flexibility index (Phi) is 4.81. The van der Waals surface area contributed by atoms with E-state index in [4.69, 9.17) is 0 Å². The maximum absolute atomic E-state index is 12.7. The van der Waals surface area contributed by atoms with Crippen LogP contribution in [0.15, 0.2) is 17.5 Å². The van der Waals surface area contributed by atoms with Crippen molar-refractivity contribution in [2.45, 2.75) is 44.6 Å². The standard InChI is InChI=1S/C17H24N2O2S/c1-19-15(20)9-8-13(16(19)14-7-4-10-22-14)17(21)18-11-12-5-2-3-6-12/h4,7,10,12-13,16H,2-3,5-6,8-9,11H2,1H3,(H,18,21)/t13-,16-/m0/s1. The summed E-state index contributed by atoms with van der Waals surface area (Å²) in [6.45, 7) is 0.796. The second-order valence-electron chi connectivity index (χ2n) is 6.51. The summed E-state index contributed by atoms with van der Waals surface area (Å²) in [5.74, 6) is 0.776. The highest BCUT2D eigenvalue weighted by Crippen LogP contribution is 2.38. The average molecular weight is 320 g/mol. The zero-order chi connectivity index (χ0) is 15.5. The molecule has 1 N–H and O–H groups in total. The maximum Gasteiger partial charge on any atom is 0.225 e. The van der Waals surface area contributed by atoms with Crippen LogP contribution in [0.25, 0.3) is 0 Å². The van der Waals surface area contributed by atoms with Crippen LogP contribution in [0.2, 0.25) is 0 Å². The third kappa shape index (κ3) is 3.19. The van der Waals surface area contributed by atoms with Crippen molar-refractivity contribution < 1.29 is 9.59 Å². The Balaban J connectivity index is 1.69. The molecule has 1 aliphatic heterocycles. The molecule has 2 fully saturated rings. The van der Waals surface area contributed by atoms with Crippen molar-refractivity contribution in [3.63, 3.8) is 0 Å². The number of nitrogens with zero attached hydrogens (tertiary/aromatic N) is 1. The highest BCUT2D eigenvalue weighted by atomic mass is 32.1. The van der Waals surface area contributed by atoms with Crippen LogP contribution in [-0.2, 0) is 9.59 Å². The van der Waals surface area contributed by atoms with E-state index in [0.717, 1.165) is 11.4 Å². The molecule has 1 aromatic rings. The summed E-state index contributed by atoms with van der Waals surface area (Å²) in [6.07, 6.45) is 6.18. The number of likely N-dealkylation sites (tertiary alicyclic amines) is 1. The smallest absolute Gasteiger partial charge is 0.225 e. The number of hydrogen-bond donors (Lipinski definition) is 1. The molecular weight excluding hydrogens is 296 g/mol. The van der Waals surface area contributed by atoms with Gasteiger partial charge in [-0.15, -0.1) is 11.3 Å². The predicted molar refractivity (Wildman–Crippen MR) is 87.5 cm³/mol. The molecule has 1 saturated heterocycles. The Hall–Kier alpha value is -1.36. The molecule has 2 aliphatic rings. The Morgan fingerprint density at radius 1 is 1.36 bits per heavy atom. The summed E-state index contributed by atoms with van der Waals surface area (Å²) >= 11 is 1.63. The molecule has 0 aromatic carbocycles. The van der Waals surface area contributed by atoms with Gasteiger partial charge >= 0.3 is 0 Å². The quantitative estimate of drug-likeness (QED) is 0.927. The van der Waals surface area contributed by atoms with Crippen molar-refractivity contribution in [2.75, 3.05) is 13.6 Å². The van der Waals surface area contributed by atoms with Gasteiger partial charge in [0.25, 0.3) is 0 Å². The number of piperidine rings is 1. The molecule has 1 saturated carbocycles. The van der Waals surface area contributed by atoms with Crippen molar-refractivity contribution in [2.24, 2.45) is 11.8 Å². The van der Waals surface area contributed by atoms with Crippen molar-refractivity contribution in [1.29, 1.82) is 0 Å². The predicted octanol–water partition coefficient (Wildman–Crippen LogP) is 2.96. The van der Waals surface area contributed by atoms with Crippen LogP contribution in [0.1, 0.15) is 49.4 Å². The lowest BCUT2D eigenvalue weighted by atomic mass is 9.87. The molecule has 0 unspecified atom stereocenters. The lowest BCUT2D eigenvalue weighted by molar-refractivity contribution is -0.141. The first kappa shape index (κ1) is 15.5. The number of carbonyl (C=O) groups is 2. The largest absolute Gasteiger partial charge is 0.356 e. The fraction of sp³-hybridized carbons (Fsp3) is 0.647. The molecule has 1 aliphatic carbocycles. The lowest BCUT2D eigenvalue weighted by Crippen LogP contribution is -2.46. The van der Waals surface area contributed by atoms with Gasteiger partial charge in [0.05, 0.1) is 12.0 Å². The van der Waals surface area contributed by atoms with E-state index >= 15 is 0 Å². The third-order valence-electron chi connectivity index (χ3n) is 5.07. The monoisotopic (exact) mass is 320 g/mol. The minimum atomic E-state index is -0.122. The minimum absolute atomic E-state index is 0.107. The normalized spacial score (nSPS) is 26.4. The first-order chi connectivity index (χ1) is 10.7. The lowest BCUT2D eigenvalue weighted by Gasteiger charge is -2.37. The fourth-order valence-electron chi connectivity index (χ4n) is 3.75. The number of amides is 2. The number of rotatable bonds is 4. The third-order valence-corrected chi connectivity index (χ3v) is 6.02. The zero-order valence-corrected chi connectivity index (χ0v) is 13.9. The minimum Gasteiger partial charge on any atom is -0.356 e. The number of nitrogens with one attached hydrogen (secondary N) is 1. The molecule has 2 heterocycles. The Morgan fingerprint density at radius 3 is 2.82 bits per heavy atom. The molecule has 4 nitrogen and oxygen atoms in total. The summed E-state index contributed by atoms with van der Waals surface area (Å²) in [7, 11) is 1.82. The van der Waals surface area contributed by atoms with Crippen molar-refractivity contribution in [3.05, 3.63) is 22.4 Å². The maximum atomic E-state index is 12.7.